The molecule has 0 aliphatic heterocycles. The molecule has 0 aliphatic rings. The van der Waals surface area contributed by atoms with Crippen molar-refractivity contribution in [2.24, 2.45) is 0 Å². The summed E-state index contributed by atoms with van der Waals surface area (Å²) in [5, 5.41) is 0. The minimum Gasteiger partial charge on any atom is -0.490 e. The van der Waals surface area contributed by atoms with Gasteiger partial charge in [-0.3, -0.25) is 0 Å². The summed E-state index contributed by atoms with van der Waals surface area (Å²) in [6.07, 6.45) is 1.50. The van der Waals surface area contributed by atoms with Crippen LogP contribution in [-0.2, 0) is 4.74 Å². The van der Waals surface area contributed by atoms with Gasteiger partial charge in [-0.15, -0.1) is 0 Å². The molecule has 0 spiro atoms. The molecule has 1 aromatic rings. The zero-order valence-corrected chi connectivity index (χ0v) is 13.2. The molecule has 0 radical (unpaired) electrons. The summed E-state index contributed by atoms with van der Waals surface area (Å²) in [4.78, 5) is 0. The number of hydrogen-bond acceptors (Lipinski definition) is 3. The summed E-state index contributed by atoms with van der Waals surface area (Å²) in [7, 11) is 0. The van der Waals surface area contributed by atoms with Crippen molar-refractivity contribution in [1.82, 2.24) is 0 Å². The Kier molecular flexibility index (Phi) is 6.49. The molecule has 0 amide bonds. The first-order chi connectivity index (χ1) is 8.62. The molecular formula is C14H19IO3. The van der Waals surface area contributed by atoms with Gasteiger partial charge >= 0.3 is 0 Å². The summed E-state index contributed by atoms with van der Waals surface area (Å²) < 4.78 is 17.8. The van der Waals surface area contributed by atoms with Crippen LogP contribution >= 0.6 is 22.6 Å². The van der Waals surface area contributed by atoms with Crippen LogP contribution in [0.15, 0.2) is 18.7 Å². The third-order valence-corrected chi connectivity index (χ3v) is 3.05. The van der Waals surface area contributed by atoms with Crippen LogP contribution in [0.3, 0.4) is 0 Å². The van der Waals surface area contributed by atoms with E-state index in [-0.39, 0.29) is 6.29 Å². The SMILES string of the molecule is C=Cc1cc(I)c(OC(C)OCC)c(OCC)c1. The molecule has 0 aliphatic carbocycles. The minimum absolute atomic E-state index is 0.294. The largest absolute Gasteiger partial charge is 0.490 e. The summed E-state index contributed by atoms with van der Waals surface area (Å²) in [6.45, 7) is 10.7. The van der Waals surface area contributed by atoms with Crippen LogP contribution in [0.25, 0.3) is 6.08 Å². The van der Waals surface area contributed by atoms with Gasteiger partial charge < -0.3 is 14.2 Å². The zero-order chi connectivity index (χ0) is 13.5. The fourth-order valence-corrected chi connectivity index (χ4v) is 2.27. The third kappa shape index (κ3) is 4.17. The lowest BCUT2D eigenvalue weighted by atomic mass is 10.2. The van der Waals surface area contributed by atoms with E-state index in [0.29, 0.717) is 13.2 Å². The monoisotopic (exact) mass is 362 g/mol. The van der Waals surface area contributed by atoms with Crippen molar-refractivity contribution in [3.63, 3.8) is 0 Å². The Hall–Kier alpha value is -0.750. The van der Waals surface area contributed by atoms with E-state index in [1.165, 1.54) is 0 Å². The zero-order valence-electron chi connectivity index (χ0n) is 11.0. The molecule has 0 saturated carbocycles. The fourth-order valence-electron chi connectivity index (χ4n) is 1.52. The summed E-state index contributed by atoms with van der Waals surface area (Å²) >= 11 is 2.23. The molecule has 3 nitrogen and oxygen atoms in total. The Labute approximate surface area is 122 Å². The summed E-state index contributed by atoms with van der Waals surface area (Å²) in [5.41, 5.74) is 1.01. The van der Waals surface area contributed by atoms with Gasteiger partial charge in [0, 0.05) is 6.61 Å². The average molecular weight is 362 g/mol. The predicted molar refractivity (Wildman–Crippen MR) is 82.1 cm³/mol. The van der Waals surface area contributed by atoms with Gasteiger partial charge in [-0.05, 0) is 61.1 Å². The van der Waals surface area contributed by atoms with Crippen molar-refractivity contribution in [1.29, 1.82) is 0 Å². The highest BCUT2D eigenvalue weighted by Gasteiger charge is 2.14. The number of hydrogen-bond donors (Lipinski definition) is 0. The fraction of sp³-hybridized carbons (Fsp3) is 0.429. The Balaban J connectivity index is 3.03. The second kappa shape index (κ2) is 7.63. The number of benzene rings is 1. The Bertz CT molecular complexity index is 404. The maximum Gasteiger partial charge on any atom is 0.197 e. The van der Waals surface area contributed by atoms with Gasteiger partial charge in [0.25, 0.3) is 0 Å². The molecule has 0 fully saturated rings. The summed E-state index contributed by atoms with van der Waals surface area (Å²) in [6, 6.07) is 3.93. The van der Waals surface area contributed by atoms with Crippen LogP contribution in [0.1, 0.15) is 26.3 Å². The average Bonchev–Trinajstić information content (AvgIpc) is 2.33. The first-order valence-corrected chi connectivity index (χ1v) is 7.07. The van der Waals surface area contributed by atoms with Crippen LogP contribution in [0.2, 0.25) is 0 Å². The molecule has 1 aromatic carbocycles. The third-order valence-electron chi connectivity index (χ3n) is 2.25. The smallest absolute Gasteiger partial charge is 0.197 e. The second-order valence-corrected chi connectivity index (χ2v) is 4.77. The lowest BCUT2D eigenvalue weighted by Crippen LogP contribution is -2.17. The highest BCUT2D eigenvalue weighted by Crippen LogP contribution is 2.35. The Morgan fingerprint density at radius 2 is 2.06 bits per heavy atom. The van der Waals surface area contributed by atoms with Crippen molar-refractivity contribution < 1.29 is 14.2 Å². The second-order valence-electron chi connectivity index (χ2n) is 3.61. The molecular weight excluding hydrogens is 343 g/mol. The highest BCUT2D eigenvalue weighted by atomic mass is 127. The van der Waals surface area contributed by atoms with E-state index in [9.17, 15) is 0 Å². The number of rotatable bonds is 7. The van der Waals surface area contributed by atoms with E-state index in [1.54, 1.807) is 6.08 Å². The van der Waals surface area contributed by atoms with Crippen molar-refractivity contribution in [3.05, 3.63) is 27.8 Å². The van der Waals surface area contributed by atoms with E-state index in [4.69, 9.17) is 14.2 Å². The minimum atomic E-state index is -0.294. The van der Waals surface area contributed by atoms with Crippen LogP contribution in [0.4, 0.5) is 0 Å². The molecule has 0 aromatic heterocycles. The van der Waals surface area contributed by atoms with Crippen LogP contribution in [-0.4, -0.2) is 19.5 Å². The van der Waals surface area contributed by atoms with Crippen LogP contribution < -0.4 is 9.47 Å². The topological polar surface area (TPSA) is 27.7 Å². The molecule has 4 heteroatoms. The number of ether oxygens (including phenoxy) is 3. The molecule has 0 N–H and O–H groups in total. The molecule has 1 unspecified atom stereocenters. The molecule has 0 bridgehead atoms. The maximum absolute atomic E-state index is 5.78. The lowest BCUT2D eigenvalue weighted by molar-refractivity contribution is -0.0629. The first-order valence-electron chi connectivity index (χ1n) is 5.99. The van der Waals surface area contributed by atoms with E-state index in [2.05, 4.69) is 29.2 Å². The molecule has 0 heterocycles. The summed E-state index contributed by atoms with van der Waals surface area (Å²) in [5.74, 6) is 1.45. The van der Waals surface area contributed by atoms with Gasteiger partial charge in [-0.1, -0.05) is 12.7 Å². The molecule has 0 saturated heterocycles. The highest BCUT2D eigenvalue weighted by molar-refractivity contribution is 14.1. The Morgan fingerprint density at radius 3 is 2.61 bits per heavy atom. The molecule has 18 heavy (non-hydrogen) atoms. The quantitative estimate of drug-likeness (QED) is 0.540. The van der Waals surface area contributed by atoms with Gasteiger partial charge in [-0.25, -0.2) is 0 Å². The molecule has 100 valence electrons. The van der Waals surface area contributed by atoms with Gasteiger partial charge in [0.15, 0.2) is 17.8 Å². The first kappa shape index (κ1) is 15.3. The lowest BCUT2D eigenvalue weighted by Gasteiger charge is -2.19. The van der Waals surface area contributed by atoms with Crippen molar-refractivity contribution in [2.75, 3.05) is 13.2 Å². The molecule has 1 rings (SSSR count). The number of halogens is 1. The normalized spacial score (nSPS) is 12.0. The van der Waals surface area contributed by atoms with Gasteiger partial charge in [0.05, 0.1) is 10.2 Å². The van der Waals surface area contributed by atoms with E-state index < -0.39 is 0 Å². The maximum atomic E-state index is 5.78. The van der Waals surface area contributed by atoms with Crippen molar-refractivity contribution in [2.45, 2.75) is 27.1 Å². The van der Waals surface area contributed by atoms with E-state index in [1.807, 2.05) is 32.9 Å². The van der Waals surface area contributed by atoms with Gasteiger partial charge in [0.2, 0.25) is 0 Å². The van der Waals surface area contributed by atoms with E-state index >= 15 is 0 Å². The Morgan fingerprint density at radius 1 is 1.33 bits per heavy atom. The van der Waals surface area contributed by atoms with Gasteiger partial charge in [0.1, 0.15) is 0 Å². The van der Waals surface area contributed by atoms with Crippen molar-refractivity contribution >= 4 is 28.7 Å². The molecule has 1 atom stereocenters. The van der Waals surface area contributed by atoms with Gasteiger partial charge in [-0.2, -0.15) is 0 Å². The van der Waals surface area contributed by atoms with Crippen LogP contribution in [0.5, 0.6) is 11.5 Å². The predicted octanol–water partition coefficient (Wildman–Crippen LogP) is 4.09. The van der Waals surface area contributed by atoms with Crippen molar-refractivity contribution in [3.8, 4) is 11.5 Å². The van der Waals surface area contributed by atoms with Crippen LogP contribution in [0, 0.1) is 3.57 Å². The van der Waals surface area contributed by atoms with E-state index in [0.717, 1.165) is 20.6 Å². The standard InChI is InChI=1S/C14H19IO3/c1-5-11-8-12(15)14(13(9-11)17-7-3)18-10(4)16-6-2/h5,8-10H,1,6-7H2,2-4H3.